The fourth-order valence-electron chi connectivity index (χ4n) is 4.34. The molecular weight excluding hydrogens is 292 g/mol. The van der Waals surface area contributed by atoms with E-state index >= 15 is 0 Å². The lowest BCUT2D eigenvalue weighted by Crippen LogP contribution is -2.20. The van der Waals surface area contributed by atoms with E-state index in [1.807, 2.05) is 0 Å². The lowest BCUT2D eigenvalue weighted by molar-refractivity contribution is 0.255. The van der Waals surface area contributed by atoms with Gasteiger partial charge >= 0.3 is 0 Å². The summed E-state index contributed by atoms with van der Waals surface area (Å²) in [7, 11) is 0. The van der Waals surface area contributed by atoms with Crippen molar-refractivity contribution in [2.24, 2.45) is 0 Å². The van der Waals surface area contributed by atoms with Crippen LogP contribution < -0.4 is 4.74 Å². The summed E-state index contributed by atoms with van der Waals surface area (Å²) in [6.45, 7) is 6.61. The lowest BCUT2D eigenvalue weighted by Gasteiger charge is -2.29. The van der Waals surface area contributed by atoms with Crippen molar-refractivity contribution in [3.8, 4) is 16.9 Å². The summed E-state index contributed by atoms with van der Waals surface area (Å²) in [5, 5.41) is 2.55. The van der Waals surface area contributed by atoms with Crippen LogP contribution in [0.2, 0.25) is 0 Å². The van der Waals surface area contributed by atoms with E-state index in [0.29, 0.717) is 0 Å². The molecule has 24 heavy (non-hydrogen) atoms. The van der Waals surface area contributed by atoms with Gasteiger partial charge < -0.3 is 4.74 Å². The van der Waals surface area contributed by atoms with Crippen LogP contribution in [0, 0.1) is 0 Å². The van der Waals surface area contributed by atoms with Crippen molar-refractivity contribution in [2.75, 3.05) is 0 Å². The molecule has 1 unspecified atom stereocenters. The van der Waals surface area contributed by atoms with E-state index in [1.165, 1.54) is 49.7 Å². The summed E-state index contributed by atoms with van der Waals surface area (Å²) < 4.78 is 6.39. The SMILES string of the molecule is CC1=C(C)C(C)Oc2c1c1c(c3ccccc23)-c2ccccc2C1. The van der Waals surface area contributed by atoms with Gasteiger partial charge in [0.25, 0.3) is 0 Å². The largest absolute Gasteiger partial charge is 0.485 e. The van der Waals surface area contributed by atoms with E-state index in [1.54, 1.807) is 0 Å². The Hall–Kier alpha value is -2.54. The molecule has 5 rings (SSSR count). The first-order chi connectivity index (χ1) is 11.7. The maximum Gasteiger partial charge on any atom is 0.135 e. The first kappa shape index (κ1) is 13.9. The van der Waals surface area contributed by atoms with Gasteiger partial charge in [0.15, 0.2) is 0 Å². The third-order valence-electron chi connectivity index (χ3n) is 5.80. The Morgan fingerprint density at radius 2 is 1.58 bits per heavy atom. The van der Waals surface area contributed by atoms with Crippen LogP contribution in [-0.4, -0.2) is 6.10 Å². The van der Waals surface area contributed by atoms with E-state index in [2.05, 4.69) is 69.3 Å². The molecule has 1 aliphatic carbocycles. The van der Waals surface area contributed by atoms with Gasteiger partial charge in [0.05, 0.1) is 0 Å². The second kappa shape index (κ2) is 4.73. The minimum absolute atomic E-state index is 0.141. The average Bonchev–Trinajstić information content (AvgIpc) is 2.99. The Labute approximate surface area is 142 Å². The zero-order chi connectivity index (χ0) is 16.4. The number of benzene rings is 3. The van der Waals surface area contributed by atoms with Gasteiger partial charge in [-0.3, -0.25) is 0 Å². The molecule has 118 valence electrons. The molecule has 0 fully saturated rings. The van der Waals surface area contributed by atoms with Crippen molar-refractivity contribution >= 4 is 16.3 Å². The number of rotatable bonds is 0. The van der Waals surface area contributed by atoms with Crippen molar-refractivity contribution in [1.82, 2.24) is 0 Å². The summed E-state index contributed by atoms with van der Waals surface area (Å²) in [5.74, 6) is 1.08. The number of hydrogen-bond acceptors (Lipinski definition) is 1. The monoisotopic (exact) mass is 312 g/mol. The Morgan fingerprint density at radius 1 is 0.875 bits per heavy atom. The fourth-order valence-corrected chi connectivity index (χ4v) is 4.34. The van der Waals surface area contributed by atoms with E-state index < -0.39 is 0 Å². The highest BCUT2D eigenvalue weighted by molar-refractivity contribution is 6.08. The highest BCUT2D eigenvalue weighted by Gasteiger charge is 2.31. The molecule has 0 N–H and O–H groups in total. The second-order valence-electron chi connectivity index (χ2n) is 7.01. The number of allylic oxidation sites excluding steroid dienone is 1. The fraction of sp³-hybridized carbons (Fsp3) is 0.217. The Balaban J connectivity index is 1.98. The minimum atomic E-state index is 0.141. The molecule has 1 heterocycles. The molecule has 3 aromatic rings. The molecule has 1 aliphatic heterocycles. The van der Waals surface area contributed by atoms with Crippen molar-refractivity contribution in [2.45, 2.75) is 33.3 Å². The Bertz CT molecular complexity index is 1040. The van der Waals surface area contributed by atoms with Crippen LogP contribution in [0.4, 0.5) is 0 Å². The number of fused-ring (bicyclic) bond motifs is 8. The molecule has 0 aromatic heterocycles. The van der Waals surface area contributed by atoms with Gasteiger partial charge in [0.1, 0.15) is 11.9 Å². The van der Waals surface area contributed by atoms with Crippen LogP contribution in [-0.2, 0) is 6.42 Å². The highest BCUT2D eigenvalue weighted by Crippen LogP contribution is 2.51. The zero-order valence-corrected chi connectivity index (χ0v) is 14.3. The zero-order valence-electron chi connectivity index (χ0n) is 14.3. The minimum Gasteiger partial charge on any atom is -0.485 e. The van der Waals surface area contributed by atoms with E-state index in [4.69, 9.17) is 4.74 Å². The predicted molar refractivity (Wildman–Crippen MR) is 101 cm³/mol. The van der Waals surface area contributed by atoms with E-state index in [-0.39, 0.29) is 6.10 Å². The predicted octanol–water partition coefficient (Wildman–Crippen LogP) is 5.99. The normalized spacial score (nSPS) is 18.2. The molecule has 0 amide bonds. The molecular formula is C23H20O. The highest BCUT2D eigenvalue weighted by atomic mass is 16.5. The quantitative estimate of drug-likeness (QED) is 0.388. The molecule has 0 saturated heterocycles. The van der Waals surface area contributed by atoms with Gasteiger partial charge in [-0.05, 0) is 66.0 Å². The van der Waals surface area contributed by atoms with Gasteiger partial charge in [-0.15, -0.1) is 0 Å². The standard InChI is InChI=1S/C23H20O/c1-13-14(2)21-20-12-16-8-4-5-9-17(16)22(20)18-10-6-7-11-19(18)23(21)24-15(13)3/h4-11,15H,12H2,1-3H3. The van der Waals surface area contributed by atoms with Gasteiger partial charge in [-0.2, -0.15) is 0 Å². The number of ether oxygens (including phenoxy) is 1. The molecule has 0 spiro atoms. The van der Waals surface area contributed by atoms with Gasteiger partial charge in [0.2, 0.25) is 0 Å². The average molecular weight is 312 g/mol. The molecule has 2 aliphatic rings. The lowest BCUT2D eigenvalue weighted by atomic mass is 9.86. The molecule has 3 aromatic carbocycles. The maximum absolute atomic E-state index is 6.39. The smallest absolute Gasteiger partial charge is 0.135 e. The van der Waals surface area contributed by atoms with Gasteiger partial charge in [-0.25, -0.2) is 0 Å². The van der Waals surface area contributed by atoms with Crippen LogP contribution in [0.5, 0.6) is 5.75 Å². The Morgan fingerprint density at radius 3 is 2.42 bits per heavy atom. The Kier molecular flexibility index (Phi) is 2.73. The summed E-state index contributed by atoms with van der Waals surface area (Å²) in [6, 6.07) is 17.5. The van der Waals surface area contributed by atoms with E-state index in [9.17, 15) is 0 Å². The molecule has 1 nitrogen and oxygen atoms in total. The third kappa shape index (κ3) is 1.65. The van der Waals surface area contributed by atoms with E-state index in [0.717, 1.165) is 12.2 Å². The van der Waals surface area contributed by atoms with Crippen LogP contribution >= 0.6 is 0 Å². The summed E-state index contributed by atoms with van der Waals surface area (Å²) in [6.07, 6.45) is 1.14. The number of hydrogen-bond donors (Lipinski definition) is 0. The third-order valence-corrected chi connectivity index (χ3v) is 5.80. The van der Waals surface area contributed by atoms with Crippen LogP contribution in [0.15, 0.2) is 54.1 Å². The first-order valence-electron chi connectivity index (χ1n) is 8.67. The van der Waals surface area contributed by atoms with Crippen molar-refractivity contribution in [1.29, 1.82) is 0 Å². The molecule has 0 saturated carbocycles. The van der Waals surface area contributed by atoms with Gasteiger partial charge in [0, 0.05) is 10.9 Å². The van der Waals surface area contributed by atoms with Crippen molar-refractivity contribution in [3.05, 3.63) is 70.8 Å². The second-order valence-corrected chi connectivity index (χ2v) is 7.01. The van der Waals surface area contributed by atoms with Crippen LogP contribution in [0.25, 0.3) is 27.5 Å². The molecule has 0 radical (unpaired) electrons. The summed E-state index contributed by atoms with van der Waals surface area (Å²) in [5.41, 5.74) is 9.72. The van der Waals surface area contributed by atoms with Crippen molar-refractivity contribution in [3.63, 3.8) is 0 Å². The van der Waals surface area contributed by atoms with Crippen LogP contribution in [0.3, 0.4) is 0 Å². The topological polar surface area (TPSA) is 9.23 Å². The van der Waals surface area contributed by atoms with Crippen LogP contribution in [0.1, 0.15) is 37.5 Å². The van der Waals surface area contributed by atoms with Crippen molar-refractivity contribution < 1.29 is 4.74 Å². The molecule has 1 heteroatoms. The summed E-state index contributed by atoms with van der Waals surface area (Å²) >= 11 is 0. The summed E-state index contributed by atoms with van der Waals surface area (Å²) in [4.78, 5) is 0. The molecule has 0 bridgehead atoms. The first-order valence-corrected chi connectivity index (χ1v) is 8.67. The molecule has 1 atom stereocenters. The van der Waals surface area contributed by atoms with Gasteiger partial charge in [-0.1, -0.05) is 48.5 Å². The maximum atomic E-state index is 6.39.